The Balaban J connectivity index is 2.05. The van der Waals surface area contributed by atoms with Crippen molar-refractivity contribution in [3.8, 4) is 0 Å². The molecule has 1 aromatic rings. The van der Waals surface area contributed by atoms with Gasteiger partial charge >= 0.3 is 0 Å². The third kappa shape index (κ3) is 22.7. The summed E-state index contributed by atoms with van der Waals surface area (Å²) in [6.07, 6.45) is 49.4. The van der Waals surface area contributed by atoms with E-state index in [1.165, 1.54) is 206 Å². The Kier molecular flexibility index (Phi) is 28.9. The third-order valence-corrected chi connectivity index (χ3v) is 10.2. The van der Waals surface area contributed by atoms with E-state index in [2.05, 4.69) is 56.1 Å². The van der Waals surface area contributed by atoms with Gasteiger partial charge in [0.05, 0.1) is 18.5 Å². The van der Waals surface area contributed by atoms with Crippen LogP contribution in [0.3, 0.4) is 0 Å². The maximum Gasteiger partial charge on any atom is 0.259 e. The third-order valence-electron chi connectivity index (χ3n) is 10.2. The van der Waals surface area contributed by atoms with Gasteiger partial charge < -0.3 is 0 Å². The van der Waals surface area contributed by atoms with Crippen molar-refractivity contribution in [1.29, 1.82) is 0 Å². The van der Waals surface area contributed by atoms with Crippen molar-refractivity contribution in [1.82, 2.24) is 4.57 Å². The number of hydrogen-bond acceptors (Lipinski definition) is 0. The second kappa shape index (κ2) is 30.8. The first-order valence-corrected chi connectivity index (χ1v) is 20.7. The fraction of sp³-hybridized carbons (Fsp3) is 0.929. The van der Waals surface area contributed by atoms with Crippen molar-refractivity contribution in [2.45, 2.75) is 252 Å². The van der Waals surface area contributed by atoms with Crippen molar-refractivity contribution in [2.75, 3.05) is 0 Å². The average Bonchev–Trinajstić information content (AvgIpc) is 3.45. The zero-order valence-corrected chi connectivity index (χ0v) is 31.3. The summed E-state index contributed by atoms with van der Waals surface area (Å²) >= 11 is 0. The van der Waals surface area contributed by atoms with E-state index in [4.69, 9.17) is 0 Å². The molecule has 0 aliphatic carbocycles. The lowest BCUT2D eigenvalue weighted by Crippen LogP contribution is -2.38. The summed E-state index contributed by atoms with van der Waals surface area (Å²) in [7, 11) is 0. The number of aryl methyl sites for hydroxylation is 1. The lowest BCUT2D eigenvalue weighted by molar-refractivity contribution is -0.705. The van der Waals surface area contributed by atoms with Gasteiger partial charge in [0, 0.05) is 0 Å². The molecule has 0 aliphatic rings. The van der Waals surface area contributed by atoms with Crippen LogP contribution in [0.25, 0.3) is 0 Å². The summed E-state index contributed by atoms with van der Waals surface area (Å²) in [5.41, 5.74) is 0. The lowest BCUT2D eigenvalue weighted by atomic mass is 10.0. The Labute approximate surface area is 279 Å². The largest absolute Gasteiger partial charge is 0.259 e. The van der Waals surface area contributed by atoms with Gasteiger partial charge in [0.1, 0.15) is 12.4 Å². The Morgan fingerprint density at radius 1 is 0.455 bits per heavy atom. The number of hydrogen-bond donors (Lipinski definition) is 0. The van der Waals surface area contributed by atoms with Crippen LogP contribution in [0.15, 0.2) is 12.4 Å². The first kappa shape index (κ1) is 41.2. The van der Waals surface area contributed by atoms with Gasteiger partial charge in [-0.25, -0.2) is 9.13 Å². The maximum absolute atomic E-state index is 2.61. The van der Waals surface area contributed by atoms with Crippen LogP contribution in [0.5, 0.6) is 0 Å². The van der Waals surface area contributed by atoms with Crippen LogP contribution in [0.2, 0.25) is 0 Å². The van der Waals surface area contributed by atoms with Gasteiger partial charge in [-0.15, -0.1) is 0 Å². The lowest BCUT2D eigenvalue weighted by Gasteiger charge is -2.14. The number of imidazole rings is 1. The highest BCUT2D eigenvalue weighted by molar-refractivity contribution is 4.92. The normalized spacial score (nSPS) is 12.5. The highest BCUT2D eigenvalue weighted by Gasteiger charge is 2.23. The smallest absolute Gasteiger partial charge is 0.234 e. The van der Waals surface area contributed by atoms with E-state index in [0.717, 1.165) is 0 Å². The number of rotatable bonds is 34. The molecule has 1 atom stereocenters. The van der Waals surface area contributed by atoms with Gasteiger partial charge in [-0.05, 0) is 32.6 Å². The van der Waals surface area contributed by atoms with Crippen molar-refractivity contribution in [2.24, 2.45) is 0 Å². The van der Waals surface area contributed by atoms with Gasteiger partial charge in [0.2, 0.25) is 0 Å². The molecule has 0 saturated heterocycles. The second-order valence-electron chi connectivity index (χ2n) is 14.9. The fourth-order valence-electron chi connectivity index (χ4n) is 7.25. The molecule has 0 bridgehead atoms. The van der Waals surface area contributed by atoms with Gasteiger partial charge in [-0.2, -0.15) is 0 Å². The molecule has 0 aromatic carbocycles. The molecule has 0 amide bonds. The molecular weight excluding hydrogens is 532 g/mol. The summed E-state index contributed by atoms with van der Waals surface area (Å²) in [5.74, 6) is 2.13. The quantitative estimate of drug-likeness (QED) is 0.0538. The van der Waals surface area contributed by atoms with Crippen LogP contribution in [-0.4, -0.2) is 4.57 Å². The Morgan fingerprint density at radius 2 is 0.773 bits per heavy atom. The van der Waals surface area contributed by atoms with Crippen LogP contribution >= 0.6 is 0 Å². The molecule has 1 unspecified atom stereocenters. The van der Waals surface area contributed by atoms with Crippen LogP contribution in [0, 0.1) is 0 Å². The molecular formula is C42H83N2+. The first-order valence-electron chi connectivity index (χ1n) is 20.7. The van der Waals surface area contributed by atoms with E-state index < -0.39 is 0 Å². The van der Waals surface area contributed by atoms with Crippen LogP contribution in [-0.2, 0) is 6.54 Å². The van der Waals surface area contributed by atoms with Crippen LogP contribution in [0.4, 0.5) is 0 Å². The van der Waals surface area contributed by atoms with E-state index in [1.54, 1.807) is 5.82 Å². The Bertz CT molecular complexity index is 705. The summed E-state index contributed by atoms with van der Waals surface area (Å²) in [5, 5.41) is 0. The van der Waals surface area contributed by atoms with Crippen molar-refractivity contribution >= 4 is 0 Å². The zero-order chi connectivity index (χ0) is 31.9. The summed E-state index contributed by atoms with van der Waals surface area (Å²) in [4.78, 5) is 0. The minimum absolute atomic E-state index is 0.588. The number of nitrogens with zero attached hydrogens (tertiary/aromatic N) is 2. The Hall–Kier alpha value is -0.790. The summed E-state index contributed by atoms with van der Waals surface area (Å²) < 4.78 is 5.19. The van der Waals surface area contributed by atoms with E-state index in [1.807, 2.05) is 0 Å². The van der Waals surface area contributed by atoms with Crippen LogP contribution < -0.4 is 4.57 Å². The van der Waals surface area contributed by atoms with E-state index >= 15 is 0 Å². The average molecular weight is 616 g/mol. The predicted octanol–water partition coefficient (Wildman–Crippen LogP) is 14.6. The minimum atomic E-state index is 0.588. The molecule has 1 aromatic heterocycles. The molecule has 0 aliphatic heterocycles. The molecule has 0 spiro atoms. The second-order valence-corrected chi connectivity index (χ2v) is 14.9. The Morgan fingerprint density at radius 3 is 1.11 bits per heavy atom. The van der Waals surface area contributed by atoms with E-state index in [0.29, 0.717) is 12.0 Å². The van der Waals surface area contributed by atoms with Gasteiger partial charge in [0.15, 0.2) is 0 Å². The van der Waals surface area contributed by atoms with Crippen molar-refractivity contribution in [3.63, 3.8) is 0 Å². The fourth-order valence-corrected chi connectivity index (χ4v) is 7.25. The molecule has 0 saturated carbocycles. The highest BCUT2D eigenvalue weighted by Crippen LogP contribution is 2.22. The molecule has 2 nitrogen and oxygen atoms in total. The SMILES string of the molecule is CCCCCCCCCCCCCCCCCCC[n+]1ccn(C(C)CCCCCCCCCCCCCCC)c1C(C)C. The van der Waals surface area contributed by atoms with Gasteiger partial charge in [-0.1, -0.05) is 201 Å². The number of aromatic nitrogens is 2. The van der Waals surface area contributed by atoms with Gasteiger partial charge in [0.25, 0.3) is 5.82 Å². The van der Waals surface area contributed by atoms with Gasteiger partial charge in [-0.3, -0.25) is 0 Å². The zero-order valence-electron chi connectivity index (χ0n) is 31.3. The number of unbranched alkanes of at least 4 members (excludes halogenated alkanes) is 28. The molecule has 0 N–H and O–H groups in total. The monoisotopic (exact) mass is 616 g/mol. The predicted molar refractivity (Wildman–Crippen MR) is 198 cm³/mol. The molecule has 260 valence electrons. The van der Waals surface area contributed by atoms with E-state index in [9.17, 15) is 0 Å². The summed E-state index contributed by atoms with van der Waals surface area (Å²) in [6, 6.07) is 0.622. The molecule has 44 heavy (non-hydrogen) atoms. The molecule has 1 heterocycles. The molecule has 0 fully saturated rings. The van der Waals surface area contributed by atoms with Crippen molar-refractivity contribution < 1.29 is 4.57 Å². The molecule has 2 heteroatoms. The van der Waals surface area contributed by atoms with E-state index in [-0.39, 0.29) is 0 Å². The molecule has 0 radical (unpaired) electrons. The highest BCUT2D eigenvalue weighted by atomic mass is 15.2. The first-order chi connectivity index (χ1) is 21.6. The topological polar surface area (TPSA) is 8.81 Å². The molecule has 1 rings (SSSR count). The van der Waals surface area contributed by atoms with Crippen LogP contribution in [0.1, 0.15) is 251 Å². The summed E-state index contributed by atoms with van der Waals surface area (Å²) in [6.45, 7) is 13.0. The standard InChI is InChI=1S/C42H83N2/c1-6-8-10-12-14-16-18-20-21-22-23-25-27-29-31-33-35-37-43-38-39-44(42(43)40(3)4)41(5)36-34-32-30-28-26-24-19-17-15-13-11-9-7-2/h38-41H,6-37H2,1-5H3/q+1. The minimum Gasteiger partial charge on any atom is -0.234 e. The maximum atomic E-state index is 2.61. The van der Waals surface area contributed by atoms with Crippen molar-refractivity contribution in [3.05, 3.63) is 18.2 Å².